The van der Waals surface area contributed by atoms with E-state index in [1.807, 2.05) is 0 Å². The Hall–Kier alpha value is -0.120. The van der Waals surface area contributed by atoms with Crippen LogP contribution >= 0.6 is 0 Å². The van der Waals surface area contributed by atoms with Crippen LogP contribution in [-0.2, 0) is 0 Å². The molecule has 0 radical (unpaired) electrons. The van der Waals surface area contributed by atoms with Crippen molar-refractivity contribution in [2.24, 2.45) is 28.1 Å². The van der Waals surface area contributed by atoms with Crippen molar-refractivity contribution in [3.8, 4) is 0 Å². The van der Waals surface area contributed by atoms with E-state index >= 15 is 0 Å². The molecule has 104 valence electrons. The molecule has 0 aromatic carbocycles. The molecule has 0 saturated heterocycles. The summed E-state index contributed by atoms with van der Waals surface area (Å²) in [6.45, 7) is 6.59. The first-order valence-corrected chi connectivity index (χ1v) is 7.27. The van der Waals surface area contributed by atoms with Crippen LogP contribution < -0.4 is 0 Å². The molecule has 3 heteroatoms. The van der Waals surface area contributed by atoms with Crippen LogP contribution in [0.3, 0.4) is 0 Å². The topological polar surface area (TPSA) is 60.7 Å². The third-order valence-corrected chi connectivity index (χ3v) is 7.08. The maximum atomic E-state index is 10.8. The lowest BCUT2D eigenvalue weighted by atomic mass is 9.62. The molecule has 0 unspecified atom stereocenters. The molecular formula is C15H26O3. The molecule has 7 atom stereocenters. The van der Waals surface area contributed by atoms with E-state index in [4.69, 9.17) is 0 Å². The minimum atomic E-state index is -0.381. The highest BCUT2D eigenvalue weighted by Crippen LogP contribution is 2.73. The zero-order valence-corrected chi connectivity index (χ0v) is 11.7. The first kappa shape index (κ1) is 12.9. The number of aliphatic hydroxyl groups excluding tert-OH is 3. The van der Waals surface area contributed by atoms with Crippen LogP contribution in [0.1, 0.15) is 46.5 Å². The molecule has 3 nitrogen and oxygen atoms in total. The third-order valence-electron chi connectivity index (χ3n) is 7.08. The van der Waals surface area contributed by atoms with E-state index in [1.54, 1.807) is 0 Å². The van der Waals surface area contributed by atoms with Crippen molar-refractivity contribution in [3.05, 3.63) is 0 Å². The van der Waals surface area contributed by atoms with Gasteiger partial charge >= 0.3 is 0 Å². The molecule has 3 N–H and O–H groups in total. The Balaban J connectivity index is 2.14. The van der Waals surface area contributed by atoms with Crippen LogP contribution in [0.2, 0.25) is 0 Å². The quantitative estimate of drug-likeness (QED) is 0.665. The fourth-order valence-electron chi connectivity index (χ4n) is 5.76. The van der Waals surface area contributed by atoms with Gasteiger partial charge in [0.25, 0.3) is 0 Å². The second-order valence-corrected chi connectivity index (χ2v) is 7.77. The van der Waals surface area contributed by atoms with Crippen LogP contribution in [0, 0.1) is 28.1 Å². The molecule has 3 rings (SSSR count). The largest absolute Gasteiger partial charge is 0.396 e. The molecule has 0 aliphatic heterocycles. The lowest BCUT2D eigenvalue weighted by molar-refractivity contribution is -0.102. The Labute approximate surface area is 109 Å². The molecule has 3 aliphatic rings. The van der Waals surface area contributed by atoms with Crippen molar-refractivity contribution in [1.82, 2.24) is 0 Å². The van der Waals surface area contributed by atoms with Crippen LogP contribution in [0.25, 0.3) is 0 Å². The number of hydrogen-bond donors (Lipinski definition) is 3. The summed E-state index contributed by atoms with van der Waals surface area (Å²) >= 11 is 0. The standard InChI is InChI=1S/C15H26O3/c1-13(8-16)5-4-6-14(2)10-9(17)7-15(14,3)12(18)11(10)13/h9-12,16-18H,4-8H2,1-3H3/t9-,10+,11+,12-,13-,14+,15-/m1/s1. The second kappa shape index (κ2) is 3.50. The lowest BCUT2D eigenvalue weighted by Gasteiger charge is -2.46. The van der Waals surface area contributed by atoms with Gasteiger partial charge in [0.2, 0.25) is 0 Å². The van der Waals surface area contributed by atoms with Crippen LogP contribution in [0.15, 0.2) is 0 Å². The van der Waals surface area contributed by atoms with Crippen LogP contribution in [0.5, 0.6) is 0 Å². The molecular weight excluding hydrogens is 228 g/mol. The van der Waals surface area contributed by atoms with Gasteiger partial charge < -0.3 is 15.3 Å². The highest BCUT2D eigenvalue weighted by molar-refractivity contribution is 5.22. The predicted octanol–water partition coefficient (Wildman–Crippen LogP) is 1.55. The van der Waals surface area contributed by atoms with Gasteiger partial charge in [-0.15, -0.1) is 0 Å². The molecule has 0 aromatic heterocycles. The lowest BCUT2D eigenvalue weighted by Crippen LogP contribution is -2.49. The Kier molecular flexibility index (Phi) is 2.51. The molecule has 0 heterocycles. The van der Waals surface area contributed by atoms with Gasteiger partial charge in [0.1, 0.15) is 0 Å². The Morgan fingerprint density at radius 1 is 1.00 bits per heavy atom. The van der Waals surface area contributed by atoms with Gasteiger partial charge in [-0.05, 0) is 41.9 Å². The zero-order valence-electron chi connectivity index (χ0n) is 11.7. The average Bonchev–Trinajstić information content (AvgIpc) is 2.53. The minimum absolute atomic E-state index is 0.0312. The van der Waals surface area contributed by atoms with Gasteiger partial charge in [-0.2, -0.15) is 0 Å². The normalized spacial score (nSPS) is 63.0. The zero-order chi connectivity index (χ0) is 13.3. The van der Waals surface area contributed by atoms with E-state index in [0.29, 0.717) is 6.42 Å². The smallest absolute Gasteiger partial charge is 0.0638 e. The number of hydrogen-bond acceptors (Lipinski definition) is 3. The van der Waals surface area contributed by atoms with E-state index in [0.717, 1.165) is 19.3 Å². The number of aliphatic hydroxyl groups is 3. The van der Waals surface area contributed by atoms with E-state index < -0.39 is 0 Å². The monoisotopic (exact) mass is 254 g/mol. The molecule has 0 aromatic rings. The SMILES string of the molecule is C[C@]1(CO)CCC[C@@]2(C)[C@@H]3[C@H]1[C@@H](O)[C@@]2(C)C[C@H]3O. The molecule has 0 spiro atoms. The van der Waals surface area contributed by atoms with Crippen molar-refractivity contribution in [3.63, 3.8) is 0 Å². The summed E-state index contributed by atoms with van der Waals surface area (Å²) in [7, 11) is 0. The van der Waals surface area contributed by atoms with Gasteiger partial charge in [-0.1, -0.05) is 27.2 Å². The molecule has 3 fully saturated rings. The minimum Gasteiger partial charge on any atom is -0.396 e. The molecule has 18 heavy (non-hydrogen) atoms. The summed E-state index contributed by atoms with van der Waals surface area (Å²) in [6, 6.07) is 0. The summed E-state index contributed by atoms with van der Waals surface area (Å²) in [5.41, 5.74) is -0.386. The highest BCUT2D eigenvalue weighted by atomic mass is 16.3. The average molecular weight is 254 g/mol. The number of rotatable bonds is 1. The Morgan fingerprint density at radius 3 is 2.28 bits per heavy atom. The summed E-state index contributed by atoms with van der Waals surface area (Å²) in [5.74, 6) is 0.195. The Bertz CT molecular complexity index is 371. The maximum Gasteiger partial charge on any atom is 0.0638 e. The van der Waals surface area contributed by atoms with Crippen molar-refractivity contribution >= 4 is 0 Å². The van der Waals surface area contributed by atoms with Gasteiger partial charge in [-0.3, -0.25) is 0 Å². The van der Waals surface area contributed by atoms with Gasteiger partial charge in [0.05, 0.1) is 12.2 Å². The Morgan fingerprint density at radius 2 is 1.67 bits per heavy atom. The van der Waals surface area contributed by atoms with E-state index in [9.17, 15) is 15.3 Å². The predicted molar refractivity (Wildman–Crippen MR) is 68.9 cm³/mol. The van der Waals surface area contributed by atoms with E-state index in [1.165, 1.54) is 0 Å². The van der Waals surface area contributed by atoms with Gasteiger partial charge in [0, 0.05) is 12.0 Å². The maximum absolute atomic E-state index is 10.8. The van der Waals surface area contributed by atoms with E-state index in [2.05, 4.69) is 20.8 Å². The first-order chi connectivity index (χ1) is 8.30. The molecule has 0 amide bonds. The fourth-order valence-corrected chi connectivity index (χ4v) is 5.76. The second-order valence-electron chi connectivity index (χ2n) is 7.77. The van der Waals surface area contributed by atoms with E-state index in [-0.39, 0.29) is 46.9 Å². The van der Waals surface area contributed by atoms with Crippen LogP contribution in [-0.4, -0.2) is 34.1 Å². The van der Waals surface area contributed by atoms with Crippen molar-refractivity contribution in [2.45, 2.75) is 58.7 Å². The van der Waals surface area contributed by atoms with Gasteiger partial charge in [-0.25, -0.2) is 0 Å². The van der Waals surface area contributed by atoms with Gasteiger partial charge in [0.15, 0.2) is 0 Å². The summed E-state index contributed by atoms with van der Waals surface area (Å²) < 4.78 is 0. The molecule has 3 aliphatic carbocycles. The summed E-state index contributed by atoms with van der Waals surface area (Å²) in [5, 5.41) is 31.0. The van der Waals surface area contributed by atoms with Crippen LogP contribution in [0.4, 0.5) is 0 Å². The van der Waals surface area contributed by atoms with Crippen molar-refractivity contribution in [2.75, 3.05) is 6.61 Å². The first-order valence-electron chi connectivity index (χ1n) is 7.27. The van der Waals surface area contributed by atoms with Crippen molar-refractivity contribution < 1.29 is 15.3 Å². The van der Waals surface area contributed by atoms with Crippen molar-refractivity contribution in [1.29, 1.82) is 0 Å². The fraction of sp³-hybridized carbons (Fsp3) is 1.00. The summed E-state index contributed by atoms with van der Waals surface area (Å²) in [6.07, 6.45) is 3.14. The highest BCUT2D eigenvalue weighted by Gasteiger charge is 2.74. The molecule has 4 bridgehead atoms. The summed E-state index contributed by atoms with van der Waals surface area (Å²) in [4.78, 5) is 0. The molecule has 3 saturated carbocycles. The third kappa shape index (κ3) is 1.17.